The Balaban J connectivity index is 1.97. The van der Waals surface area contributed by atoms with E-state index in [1.54, 1.807) is 0 Å². The number of esters is 1. The highest BCUT2D eigenvalue weighted by Crippen LogP contribution is 2.43. The van der Waals surface area contributed by atoms with Crippen LogP contribution in [-0.2, 0) is 19.7 Å². The number of carbonyl (C=O) groups excluding carboxylic acids is 1. The molecule has 0 spiro atoms. The molecule has 102 valence electrons. The van der Waals surface area contributed by atoms with E-state index in [2.05, 4.69) is 0 Å². The van der Waals surface area contributed by atoms with Gasteiger partial charge in [-0.2, -0.15) is 0 Å². The van der Waals surface area contributed by atoms with Crippen molar-refractivity contribution < 1.29 is 23.7 Å². The fraction of sp³-hybridized carbons (Fsp3) is 0.500. The Morgan fingerprint density at radius 1 is 1.32 bits per heavy atom. The number of aryl methyl sites for hydroxylation is 1. The van der Waals surface area contributed by atoms with Crippen molar-refractivity contribution in [1.29, 1.82) is 0 Å². The molecule has 3 rings (SSSR count). The molecule has 0 aromatic heterocycles. The Morgan fingerprint density at radius 3 is 2.58 bits per heavy atom. The SMILES string of the molecule is COC(=O)CC1(c2cc3c(cc2C)OCO3)COC1. The summed E-state index contributed by atoms with van der Waals surface area (Å²) in [5.41, 5.74) is 1.86. The third kappa shape index (κ3) is 1.94. The number of hydrogen-bond donors (Lipinski definition) is 0. The summed E-state index contributed by atoms with van der Waals surface area (Å²) in [5, 5.41) is 0. The molecule has 19 heavy (non-hydrogen) atoms. The van der Waals surface area contributed by atoms with Gasteiger partial charge >= 0.3 is 5.97 Å². The van der Waals surface area contributed by atoms with Crippen LogP contribution in [0.1, 0.15) is 17.5 Å². The van der Waals surface area contributed by atoms with Gasteiger partial charge in [0, 0.05) is 0 Å². The summed E-state index contributed by atoms with van der Waals surface area (Å²) in [5.74, 6) is 1.27. The van der Waals surface area contributed by atoms with Crippen molar-refractivity contribution in [2.45, 2.75) is 18.8 Å². The minimum Gasteiger partial charge on any atom is -0.469 e. The molecule has 0 amide bonds. The van der Waals surface area contributed by atoms with E-state index in [1.807, 2.05) is 19.1 Å². The van der Waals surface area contributed by atoms with Crippen LogP contribution in [-0.4, -0.2) is 33.1 Å². The molecule has 0 N–H and O–H groups in total. The lowest BCUT2D eigenvalue weighted by atomic mass is 9.74. The summed E-state index contributed by atoms with van der Waals surface area (Å²) in [7, 11) is 1.40. The molecule has 0 aliphatic carbocycles. The van der Waals surface area contributed by atoms with Crippen LogP contribution in [0.3, 0.4) is 0 Å². The molecule has 5 heteroatoms. The molecule has 0 saturated carbocycles. The highest BCUT2D eigenvalue weighted by molar-refractivity contribution is 5.72. The van der Waals surface area contributed by atoms with E-state index in [9.17, 15) is 4.79 Å². The summed E-state index contributed by atoms with van der Waals surface area (Å²) in [6.07, 6.45) is 0.323. The average Bonchev–Trinajstić information content (AvgIpc) is 2.79. The van der Waals surface area contributed by atoms with Crippen LogP contribution >= 0.6 is 0 Å². The monoisotopic (exact) mass is 264 g/mol. The van der Waals surface area contributed by atoms with Crippen LogP contribution in [0.4, 0.5) is 0 Å². The summed E-state index contributed by atoms with van der Waals surface area (Å²) >= 11 is 0. The maximum absolute atomic E-state index is 11.6. The van der Waals surface area contributed by atoms with Gasteiger partial charge in [-0.25, -0.2) is 0 Å². The molecule has 0 radical (unpaired) electrons. The summed E-state index contributed by atoms with van der Waals surface area (Å²) in [6, 6.07) is 3.91. The topological polar surface area (TPSA) is 54.0 Å². The number of methoxy groups -OCH3 is 1. The fourth-order valence-electron chi connectivity index (χ4n) is 2.66. The van der Waals surface area contributed by atoms with E-state index < -0.39 is 0 Å². The zero-order chi connectivity index (χ0) is 13.5. The van der Waals surface area contributed by atoms with Crippen molar-refractivity contribution in [3.63, 3.8) is 0 Å². The molecule has 1 saturated heterocycles. The summed E-state index contributed by atoms with van der Waals surface area (Å²) in [4.78, 5) is 11.6. The lowest BCUT2D eigenvalue weighted by Crippen LogP contribution is -2.48. The minimum absolute atomic E-state index is 0.222. The molecule has 0 unspecified atom stereocenters. The smallest absolute Gasteiger partial charge is 0.306 e. The van der Waals surface area contributed by atoms with Crippen LogP contribution in [0, 0.1) is 6.92 Å². The number of fused-ring (bicyclic) bond motifs is 1. The summed E-state index contributed by atoms with van der Waals surface area (Å²) < 4.78 is 20.9. The first-order valence-electron chi connectivity index (χ1n) is 6.20. The predicted molar refractivity (Wildman–Crippen MR) is 66.4 cm³/mol. The fourth-order valence-corrected chi connectivity index (χ4v) is 2.66. The molecule has 1 aromatic rings. The Bertz CT molecular complexity index is 519. The quantitative estimate of drug-likeness (QED) is 0.775. The van der Waals surface area contributed by atoms with Crippen LogP contribution in [0.2, 0.25) is 0 Å². The second-order valence-electron chi connectivity index (χ2n) is 5.05. The molecular formula is C14H16O5. The second-order valence-corrected chi connectivity index (χ2v) is 5.05. The zero-order valence-electron chi connectivity index (χ0n) is 11.0. The van der Waals surface area contributed by atoms with Crippen molar-refractivity contribution in [2.24, 2.45) is 0 Å². The number of carbonyl (C=O) groups is 1. The molecule has 5 nitrogen and oxygen atoms in total. The maximum Gasteiger partial charge on any atom is 0.306 e. The van der Waals surface area contributed by atoms with Gasteiger partial charge in [0.15, 0.2) is 11.5 Å². The van der Waals surface area contributed by atoms with Gasteiger partial charge in [0.1, 0.15) is 0 Å². The Hall–Kier alpha value is -1.75. The second kappa shape index (κ2) is 4.42. The van der Waals surface area contributed by atoms with E-state index in [-0.39, 0.29) is 18.2 Å². The first-order valence-corrected chi connectivity index (χ1v) is 6.20. The van der Waals surface area contributed by atoms with Gasteiger partial charge in [-0.15, -0.1) is 0 Å². The van der Waals surface area contributed by atoms with Gasteiger partial charge < -0.3 is 18.9 Å². The predicted octanol–water partition coefficient (Wildman–Crippen LogP) is 1.55. The zero-order valence-corrected chi connectivity index (χ0v) is 11.0. The number of rotatable bonds is 3. The molecule has 1 fully saturated rings. The average molecular weight is 264 g/mol. The van der Waals surface area contributed by atoms with Crippen molar-refractivity contribution in [3.8, 4) is 11.5 Å². The number of ether oxygens (including phenoxy) is 4. The minimum atomic E-state index is -0.293. The molecule has 2 heterocycles. The molecule has 1 aromatic carbocycles. The van der Waals surface area contributed by atoms with Gasteiger partial charge in [0.05, 0.1) is 32.2 Å². The highest BCUT2D eigenvalue weighted by atomic mass is 16.7. The Kier molecular flexibility index (Phi) is 2.86. The first-order chi connectivity index (χ1) is 9.14. The highest BCUT2D eigenvalue weighted by Gasteiger charge is 2.44. The molecule has 0 atom stereocenters. The van der Waals surface area contributed by atoms with E-state index in [4.69, 9.17) is 18.9 Å². The first kappa shape index (κ1) is 12.3. The third-order valence-electron chi connectivity index (χ3n) is 3.76. The largest absolute Gasteiger partial charge is 0.469 e. The van der Waals surface area contributed by atoms with Crippen LogP contribution in [0.15, 0.2) is 12.1 Å². The van der Waals surface area contributed by atoms with Gasteiger partial charge in [-0.05, 0) is 30.2 Å². The van der Waals surface area contributed by atoms with E-state index in [0.717, 1.165) is 22.6 Å². The van der Waals surface area contributed by atoms with Gasteiger partial charge in [-0.1, -0.05) is 0 Å². The van der Waals surface area contributed by atoms with E-state index in [1.165, 1.54) is 7.11 Å². The standard InChI is InChI=1S/C14H16O5/c1-9-3-11-12(19-8-18-11)4-10(9)14(6-17-7-14)5-13(15)16-2/h3-4H,5-8H2,1-2H3. The van der Waals surface area contributed by atoms with Crippen molar-refractivity contribution in [1.82, 2.24) is 0 Å². The van der Waals surface area contributed by atoms with Crippen molar-refractivity contribution in [3.05, 3.63) is 23.3 Å². The van der Waals surface area contributed by atoms with E-state index in [0.29, 0.717) is 19.6 Å². The van der Waals surface area contributed by atoms with Crippen LogP contribution in [0.5, 0.6) is 11.5 Å². The van der Waals surface area contributed by atoms with Crippen LogP contribution in [0.25, 0.3) is 0 Å². The molecule has 2 aliphatic heterocycles. The Morgan fingerprint density at radius 2 is 2.00 bits per heavy atom. The van der Waals surface area contributed by atoms with Crippen molar-refractivity contribution >= 4 is 5.97 Å². The molecular weight excluding hydrogens is 248 g/mol. The van der Waals surface area contributed by atoms with E-state index >= 15 is 0 Å². The van der Waals surface area contributed by atoms with Gasteiger partial charge in [0.25, 0.3) is 0 Å². The summed E-state index contributed by atoms with van der Waals surface area (Å²) in [6.45, 7) is 3.32. The normalized spacial score (nSPS) is 18.8. The number of hydrogen-bond acceptors (Lipinski definition) is 5. The lowest BCUT2D eigenvalue weighted by molar-refractivity contribution is -0.148. The maximum atomic E-state index is 11.6. The third-order valence-corrected chi connectivity index (χ3v) is 3.76. The van der Waals surface area contributed by atoms with Gasteiger partial charge in [0.2, 0.25) is 6.79 Å². The lowest BCUT2D eigenvalue weighted by Gasteiger charge is -2.42. The van der Waals surface area contributed by atoms with Crippen molar-refractivity contribution in [2.75, 3.05) is 27.1 Å². The van der Waals surface area contributed by atoms with Gasteiger partial charge in [-0.3, -0.25) is 4.79 Å². The number of benzene rings is 1. The molecule has 0 bridgehead atoms. The van der Waals surface area contributed by atoms with Crippen LogP contribution < -0.4 is 9.47 Å². The molecule has 2 aliphatic rings. The Labute approximate surface area is 111 Å².